The van der Waals surface area contributed by atoms with E-state index in [1.165, 1.54) is 4.88 Å². The van der Waals surface area contributed by atoms with Crippen LogP contribution in [0, 0.1) is 6.92 Å². The Morgan fingerprint density at radius 2 is 2.16 bits per heavy atom. The summed E-state index contributed by atoms with van der Waals surface area (Å²) < 4.78 is 6.12. The first-order chi connectivity index (χ1) is 12.0. The number of hydrogen-bond donors (Lipinski definition) is 1. The number of carbonyl (C=O) groups is 1. The Hall–Kier alpha value is -1.66. The minimum Gasteiger partial charge on any atom is -0.507 e. The highest BCUT2D eigenvalue weighted by Gasteiger charge is 2.26. The molecule has 2 aromatic rings. The van der Waals surface area contributed by atoms with Gasteiger partial charge < -0.3 is 9.84 Å². The van der Waals surface area contributed by atoms with Crippen LogP contribution in [-0.4, -0.2) is 23.9 Å². The van der Waals surface area contributed by atoms with Gasteiger partial charge in [0.15, 0.2) is 0 Å². The van der Waals surface area contributed by atoms with Gasteiger partial charge in [0.2, 0.25) is 0 Å². The van der Waals surface area contributed by atoms with Crippen molar-refractivity contribution in [2.24, 2.45) is 4.99 Å². The maximum atomic E-state index is 12.4. The average Bonchev–Trinajstić information content (AvgIpc) is 2.95. The molecule has 0 unspecified atom stereocenters. The van der Waals surface area contributed by atoms with Gasteiger partial charge in [-0.05, 0) is 62.8 Å². The molecular weight excluding hydrogens is 402 g/mol. The molecule has 0 radical (unpaired) electrons. The summed E-state index contributed by atoms with van der Waals surface area (Å²) >= 11 is 4.99. The molecule has 0 spiro atoms. The molecular formula is C19H20BrNO3S. The SMILES string of the molecule is CCOC(=O)c1c(N=Cc2cc(Br)cc(C)c2O)sc2c1CCCC2. The smallest absolute Gasteiger partial charge is 0.341 e. The molecule has 0 saturated heterocycles. The van der Waals surface area contributed by atoms with E-state index < -0.39 is 0 Å². The minimum atomic E-state index is -0.302. The molecule has 0 bridgehead atoms. The maximum Gasteiger partial charge on any atom is 0.341 e. The number of halogens is 1. The van der Waals surface area contributed by atoms with Gasteiger partial charge in [0, 0.05) is 21.1 Å². The minimum absolute atomic E-state index is 0.200. The first-order valence-electron chi connectivity index (χ1n) is 8.36. The van der Waals surface area contributed by atoms with E-state index in [4.69, 9.17) is 4.74 Å². The average molecular weight is 422 g/mol. The number of phenols is 1. The molecule has 4 nitrogen and oxygen atoms in total. The van der Waals surface area contributed by atoms with E-state index in [0.29, 0.717) is 22.7 Å². The first kappa shape index (κ1) is 18.1. The van der Waals surface area contributed by atoms with E-state index in [0.717, 1.165) is 41.3 Å². The second-order valence-corrected chi connectivity index (χ2v) is 8.03. The van der Waals surface area contributed by atoms with E-state index >= 15 is 0 Å². The normalized spacial score (nSPS) is 13.9. The van der Waals surface area contributed by atoms with Crippen molar-refractivity contribution >= 4 is 44.5 Å². The van der Waals surface area contributed by atoms with Gasteiger partial charge in [-0.15, -0.1) is 11.3 Å². The van der Waals surface area contributed by atoms with Crippen molar-refractivity contribution in [3.05, 3.63) is 43.7 Å². The molecule has 0 fully saturated rings. The number of aryl methyl sites for hydroxylation is 2. The number of fused-ring (bicyclic) bond motifs is 1. The Kier molecular flexibility index (Phi) is 5.59. The van der Waals surface area contributed by atoms with Crippen LogP contribution in [0.5, 0.6) is 5.75 Å². The Morgan fingerprint density at radius 3 is 2.92 bits per heavy atom. The van der Waals surface area contributed by atoms with Crippen molar-refractivity contribution in [2.45, 2.75) is 39.5 Å². The van der Waals surface area contributed by atoms with Crippen LogP contribution in [0.15, 0.2) is 21.6 Å². The lowest BCUT2D eigenvalue weighted by Gasteiger charge is -2.11. The molecule has 1 aliphatic carbocycles. The Labute approximate surface area is 159 Å². The van der Waals surface area contributed by atoms with Gasteiger partial charge in [0.25, 0.3) is 0 Å². The first-order valence-corrected chi connectivity index (χ1v) is 9.97. The molecule has 1 aromatic carbocycles. The molecule has 1 N–H and O–H groups in total. The number of rotatable bonds is 4. The summed E-state index contributed by atoms with van der Waals surface area (Å²) in [6.07, 6.45) is 5.74. The Balaban J connectivity index is 2.02. The third-order valence-electron chi connectivity index (χ3n) is 4.25. The van der Waals surface area contributed by atoms with Crippen molar-refractivity contribution < 1.29 is 14.6 Å². The van der Waals surface area contributed by atoms with Crippen molar-refractivity contribution in [1.29, 1.82) is 0 Å². The Bertz CT molecular complexity index is 842. The molecule has 0 amide bonds. The van der Waals surface area contributed by atoms with Crippen LogP contribution in [0.1, 0.15) is 51.7 Å². The van der Waals surface area contributed by atoms with E-state index in [-0.39, 0.29) is 11.7 Å². The topological polar surface area (TPSA) is 58.9 Å². The van der Waals surface area contributed by atoms with Crippen molar-refractivity contribution in [2.75, 3.05) is 6.61 Å². The van der Waals surface area contributed by atoms with Gasteiger partial charge in [-0.25, -0.2) is 9.79 Å². The molecule has 25 heavy (non-hydrogen) atoms. The number of aliphatic imine (C=N–C) groups is 1. The van der Waals surface area contributed by atoms with Gasteiger partial charge in [0.1, 0.15) is 10.8 Å². The fourth-order valence-corrected chi connectivity index (χ4v) is 4.86. The number of ether oxygens (including phenoxy) is 1. The number of benzene rings is 1. The lowest BCUT2D eigenvalue weighted by atomic mass is 9.95. The number of nitrogens with zero attached hydrogens (tertiary/aromatic N) is 1. The Morgan fingerprint density at radius 1 is 1.40 bits per heavy atom. The van der Waals surface area contributed by atoms with E-state index in [2.05, 4.69) is 20.9 Å². The van der Waals surface area contributed by atoms with Crippen molar-refractivity contribution in [3.8, 4) is 5.75 Å². The van der Waals surface area contributed by atoms with Crippen molar-refractivity contribution in [3.63, 3.8) is 0 Å². The summed E-state index contributed by atoms with van der Waals surface area (Å²) in [7, 11) is 0. The quantitative estimate of drug-likeness (QED) is 0.535. The molecule has 0 saturated carbocycles. The third kappa shape index (κ3) is 3.80. The van der Waals surface area contributed by atoms with Gasteiger partial charge in [0.05, 0.1) is 12.2 Å². The summed E-state index contributed by atoms with van der Waals surface area (Å²) in [6.45, 7) is 3.99. The number of hydrogen-bond acceptors (Lipinski definition) is 5. The van der Waals surface area contributed by atoms with Crippen LogP contribution in [0.2, 0.25) is 0 Å². The predicted octanol–water partition coefficient (Wildman–Crippen LogP) is 5.33. The summed E-state index contributed by atoms with van der Waals surface area (Å²) in [5, 5.41) is 10.9. The fourth-order valence-electron chi connectivity index (χ4n) is 3.04. The van der Waals surface area contributed by atoms with Crippen molar-refractivity contribution in [1.82, 2.24) is 0 Å². The number of carbonyl (C=O) groups excluding carboxylic acids is 1. The highest BCUT2D eigenvalue weighted by Crippen LogP contribution is 2.40. The van der Waals surface area contributed by atoms with Gasteiger partial charge in [-0.2, -0.15) is 0 Å². The highest BCUT2D eigenvalue weighted by atomic mass is 79.9. The zero-order valence-corrected chi connectivity index (χ0v) is 16.7. The van der Waals surface area contributed by atoms with Gasteiger partial charge in [-0.3, -0.25) is 0 Å². The molecule has 1 aliphatic rings. The van der Waals surface area contributed by atoms with Crippen LogP contribution in [0.25, 0.3) is 0 Å². The van der Waals surface area contributed by atoms with Crippen LogP contribution in [0.3, 0.4) is 0 Å². The van der Waals surface area contributed by atoms with Gasteiger partial charge >= 0.3 is 5.97 Å². The lowest BCUT2D eigenvalue weighted by Crippen LogP contribution is -2.09. The molecule has 0 atom stereocenters. The number of esters is 1. The monoisotopic (exact) mass is 421 g/mol. The predicted molar refractivity (Wildman–Crippen MR) is 105 cm³/mol. The molecule has 0 aliphatic heterocycles. The number of phenolic OH excluding ortho intramolecular Hbond substituents is 1. The number of thiophene rings is 1. The standard InChI is InChI=1S/C19H20BrNO3S/c1-3-24-19(23)16-14-6-4-5-7-15(14)25-18(16)21-10-12-9-13(20)8-11(2)17(12)22/h8-10,22H,3-7H2,1-2H3. The largest absolute Gasteiger partial charge is 0.507 e. The molecule has 3 rings (SSSR count). The zero-order valence-electron chi connectivity index (χ0n) is 14.3. The second-order valence-electron chi connectivity index (χ2n) is 6.03. The summed E-state index contributed by atoms with van der Waals surface area (Å²) in [4.78, 5) is 18.2. The molecule has 1 aromatic heterocycles. The lowest BCUT2D eigenvalue weighted by molar-refractivity contribution is 0.0526. The van der Waals surface area contributed by atoms with Crippen LogP contribution in [0.4, 0.5) is 5.00 Å². The number of aromatic hydroxyl groups is 1. The van der Waals surface area contributed by atoms with E-state index in [1.807, 2.05) is 26.0 Å². The third-order valence-corrected chi connectivity index (χ3v) is 5.91. The van der Waals surface area contributed by atoms with Crippen LogP contribution < -0.4 is 0 Å². The van der Waals surface area contributed by atoms with E-state index in [9.17, 15) is 9.90 Å². The highest BCUT2D eigenvalue weighted by molar-refractivity contribution is 9.10. The van der Waals surface area contributed by atoms with Crippen LogP contribution in [-0.2, 0) is 17.6 Å². The summed E-state index contributed by atoms with van der Waals surface area (Å²) in [5.74, 6) is -0.102. The molecule has 1 heterocycles. The van der Waals surface area contributed by atoms with Gasteiger partial charge in [-0.1, -0.05) is 15.9 Å². The molecule has 132 valence electrons. The fraction of sp³-hybridized carbons (Fsp3) is 0.368. The summed E-state index contributed by atoms with van der Waals surface area (Å²) in [6, 6.07) is 3.66. The maximum absolute atomic E-state index is 12.4. The molecule has 6 heteroatoms. The zero-order chi connectivity index (χ0) is 18.0. The van der Waals surface area contributed by atoms with E-state index in [1.54, 1.807) is 17.6 Å². The summed E-state index contributed by atoms with van der Waals surface area (Å²) in [5.41, 5.74) is 3.08. The van der Waals surface area contributed by atoms with Crippen LogP contribution >= 0.6 is 27.3 Å². The second kappa shape index (κ2) is 7.70.